The Morgan fingerprint density at radius 1 is 0.569 bits per heavy atom. The molecular formula is C50H42F8N6O8. The highest BCUT2D eigenvalue weighted by molar-refractivity contribution is 6.10. The third-order valence-corrected chi connectivity index (χ3v) is 13.1. The largest absolute Gasteiger partial charge is 0.416 e. The average molecular weight is 1010 g/mol. The second-order valence-electron chi connectivity index (χ2n) is 18.2. The number of carbonyl (C=O) groups is 4. The van der Waals surface area contributed by atoms with Crippen molar-refractivity contribution in [2.45, 2.75) is 89.4 Å². The number of piperazine rings is 2. The minimum Gasteiger partial charge on any atom is -0.322 e. The molecule has 4 aromatic rings. The predicted molar refractivity (Wildman–Crippen MR) is 232 cm³/mol. The molecule has 0 atom stereocenters. The number of hydrogen-bond donors (Lipinski definition) is 0. The Labute approximate surface area is 406 Å². The van der Waals surface area contributed by atoms with Crippen molar-refractivity contribution in [1.82, 2.24) is 9.80 Å². The topological polar surface area (TPSA) is 197 Å². The van der Waals surface area contributed by atoms with E-state index in [-0.39, 0.29) is 65.8 Å². The van der Waals surface area contributed by atoms with Crippen LogP contribution in [0.3, 0.4) is 0 Å². The number of amides is 4. The van der Waals surface area contributed by atoms with Crippen LogP contribution in [0.25, 0.3) is 0 Å². The number of alkyl halides is 6. The number of nitriles is 2. The first kappa shape index (κ1) is 54.9. The highest BCUT2D eigenvalue weighted by atomic mass is 19.4. The molecule has 2 aliphatic carbocycles. The summed E-state index contributed by atoms with van der Waals surface area (Å²) in [6.07, 6.45) is -6.20. The van der Waals surface area contributed by atoms with Gasteiger partial charge in [0.2, 0.25) is 11.8 Å². The Morgan fingerprint density at radius 2 is 0.917 bits per heavy atom. The molecule has 2 spiro atoms. The summed E-state index contributed by atoms with van der Waals surface area (Å²) in [6, 6.07) is 20.0. The maximum absolute atomic E-state index is 14.8. The van der Waals surface area contributed by atoms with Gasteiger partial charge in [0.05, 0.1) is 45.8 Å². The molecule has 8 rings (SSSR count). The van der Waals surface area contributed by atoms with Gasteiger partial charge in [-0.3, -0.25) is 29.0 Å². The molecule has 4 aliphatic rings. The summed E-state index contributed by atoms with van der Waals surface area (Å²) in [7, 11) is 0. The minimum atomic E-state index is -4.48. The third kappa shape index (κ3) is 11.4. The van der Waals surface area contributed by atoms with Crippen LogP contribution in [-0.4, -0.2) is 69.9 Å². The van der Waals surface area contributed by atoms with Crippen molar-refractivity contribution in [1.29, 1.82) is 10.5 Å². The molecule has 0 N–H and O–H groups in total. The monoisotopic (exact) mass is 1010 g/mol. The van der Waals surface area contributed by atoms with Crippen molar-refractivity contribution >= 4 is 47.3 Å². The van der Waals surface area contributed by atoms with Crippen molar-refractivity contribution in [2.75, 3.05) is 22.9 Å². The lowest BCUT2D eigenvalue weighted by atomic mass is 9.57. The van der Waals surface area contributed by atoms with Crippen LogP contribution >= 0.6 is 0 Å². The van der Waals surface area contributed by atoms with Crippen LogP contribution in [0.15, 0.2) is 84.9 Å². The third-order valence-electron chi connectivity index (χ3n) is 13.1. The van der Waals surface area contributed by atoms with Gasteiger partial charge < -0.3 is 9.80 Å². The first-order chi connectivity index (χ1) is 33.7. The van der Waals surface area contributed by atoms with Gasteiger partial charge in [0.1, 0.15) is 35.8 Å². The van der Waals surface area contributed by atoms with Crippen molar-refractivity contribution in [3.8, 4) is 12.1 Å². The summed E-state index contributed by atoms with van der Waals surface area (Å²) >= 11 is 0. The minimum absolute atomic E-state index is 0.00754. The van der Waals surface area contributed by atoms with Gasteiger partial charge in [-0.05, 0) is 115 Å². The zero-order chi connectivity index (χ0) is 53.6. The molecule has 4 fully saturated rings. The number of carbonyl (C=O) groups excluding carboxylic acids is 8. The quantitative estimate of drug-likeness (QED) is 0.170. The highest BCUT2D eigenvalue weighted by Gasteiger charge is 2.62. The second-order valence-corrected chi connectivity index (χ2v) is 18.2. The van der Waals surface area contributed by atoms with E-state index in [0.717, 1.165) is 46.2 Å². The van der Waals surface area contributed by atoms with E-state index in [1.807, 2.05) is 32.9 Å². The molecule has 2 aliphatic heterocycles. The van der Waals surface area contributed by atoms with Gasteiger partial charge in [-0.25, -0.2) is 8.78 Å². The number of hydrogen-bond acceptors (Lipinski definition) is 10. The number of benzene rings is 4. The molecule has 2 heterocycles. The Balaban J connectivity index is 0.000000242. The Morgan fingerprint density at radius 3 is 1.21 bits per heavy atom. The summed E-state index contributed by atoms with van der Waals surface area (Å²) < 4.78 is 107. The van der Waals surface area contributed by atoms with Crippen LogP contribution in [0, 0.1) is 45.6 Å². The summed E-state index contributed by atoms with van der Waals surface area (Å²) in [6.45, 7) is 5.30. The van der Waals surface area contributed by atoms with Crippen molar-refractivity contribution in [3.63, 3.8) is 0 Å². The molecule has 0 unspecified atom stereocenters. The number of anilines is 2. The molecule has 0 radical (unpaired) electrons. The summed E-state index contributed by atoms with van der Waals surface area (Å²) in [4.78, 5) is 91.0. The van der Waals surface area contributed by atoms with E-state index in [1.165, 1.54) is 58.3 Å². The Kier molecular flexibility index (Phi) is 16.4. The van der Waals surface area contributed by atoms with Crippen LogP contribution in [0.1, 0.15) is 86.3 Å². The van der Waals surface area contributed by atoms with Gasteiger partial charge in [-0.2, -0.15) is 56.0 Å². The molecule has 14 nitrogen and oxygen atoms in total. The van der Waals surface area contributed by atoms with Crippen LogP contribution in [0.4, 0.5) is 46.5 Å². The standard InChI is InChI=1S/C26H25F4N3O2.C22H17F4N3O2.2CO2/c1-24(2,3)19-11-25(12-19)23(35)32(21-9-6-17(13-31)10-20(21)27)15-22(34)33(25)14-16-4-7-18(8-5-16)26(28,29)30;23-17-10-15(11-27)4-7-18(17)28-13-19(30)29(21(20(28)31)8-1-9-21)12-14-2-5-16(6-3-14)22(24,25)26;2*2-1-3/h4-10,19H,11-12,14-15H2,1-3H3;2-7,10H,1,8-9,12-13H2;;. The maximum Gasteiger partial charge on any atom is 0.416 e. The molecule has 22 heteroatoms. The van der Waals surface area contributed by atoms with Crippen LogP contribution in [0.2, 0.25) is 0 Å². The summed E-state index contributed by atoms with van der Waals surface area (Å²) in [5.74, 6) is -3.10. The number of halogens is 8. The molecule has 2 saturated heterocycles. The first-order valence-electron chi connectivity index (χ1n) is 21.7. The lowest BCUT2D eigenvalue weighted by Gasteiger charge is -2.59. The molecular weight excluding hydrogens is 965 g/mol. The lowest BCUT2D eigenvalue weighted by Crippen LogP contribution is -2.73. The molecule has 0 bridgehead atoms. The predicted octanol–water partition coefficient (Wildman–Crippen LogP) is 8.13. The second kappa shape index (κ2) is 21.5. The van der Waals surface area contributed by atoms with Gasteiger partial charge in [-0.15, -0.1) is 0 Å². The van der Waals surface area contributed by atoms with Crippen molar-refractivity contribution in [3.05, 3.63) is 130 Å². The highest BCUT2D eigenvalue weighted by Crippen LogP contribution is 2.53. The molecule has 72 heavy (non-hydrogen) atoms. The molecule has 4 aromatic carbocycles. The fourth-order valence-corrected chi connectivity index (χ4v) is 8.98. The Hall–Kier alpha value is -8.06. The van der Waals surface area contributed by atoms with Gasteiger partial charge in [-0.1, -0.05) is 45.0 Å². The van der Waals surface area contributed by atoms with Gasteiger partial charge in [0.25, 0.3) is 11.8 Å². The van der Waals surface area contributed by atoms with Crippen LogP contribution in [0.5, 0.6) is 0 Å². The van der Waals surface area contributed by atoms with Crippen molar-refractivity contribution < 1.29 is 73.5 Å². The normalized spacial score (nSPS) is 19.2. The van der Waals surface area contributed by atoms with E-state index >= 15 is 0 Å². The van der Waals surface area contributed by atoms with Crippen LogP contribution < -0.4 is 9.80 Å². The van der Waals surface area contributed by atoms with Gasteiger partial charge in [0, 0.05) is 13.1 Å². The zero-order valence-electron chi connectivity index (χ0n) is 38.5. The maximum atomic E-state index is 14.8. The zero-order valence-corrected chi connectivity index (χ0v) is 38.5. The molecule has 4 amide bonds. The number of rotatable bonds is 6. The molecule has 2 saturated carbocycles. The van der Waals surface area contributed by atoms with E-state index in [1.54, 1.807) is 0 Å². The average Bonchev–Trinajstić information content (AvgIpc) is 3.28. The fourth-order valence-electron chi connectivity index (χ4n) is 8.98. The summed E-state index contributed by atoms with van der Waals surface area (Å²) in [5.41, 5.74) is -3.08. The van der Waals surface area contributed by atoms with E-state index < -0.39 is 76.4 Å². The lowest BCUT2D eigenvalue weighted by molar-refractivity contribution is -0.193. The fraction of sp³-hybridized carbons (Fsp3) is 0.360. The van der Waals surface area contributed by atoms with E-state index in [4.69, 9.17) is 29.7 Å². The SMILES string of the molecule is CC(C)(C)C1CC2(C1)C(=O)N(c1ccc(C#N)cc1F)CC(=O)N2Cc1ccc(C(F)(F)F)cc1.N#Cc1ccc(N2CC(=O)N(Cc3ccc(C(F)(F)F)cc3)C3(CCC3)C2=O)c(F)c1.O=C=O.O=C=O. The van der Waals surface area contributed by atoms with Crippen LogP contribution in [-0.2, 0) is 63.8 Å². The van der Waals surface area contributed by atoms with E-state index in [0.29, 0.717) is 43.2 Å². The molecule has 376 valence electrons. The van der Waals surface area contributed by atoms with Gasteiger partial charge >= 0.3 is 24.7 Å². The number of nitrogens with zero attached hydrogens (tertiary/aromatic N) is 6. The smallest absolute Gasteiger partial charge is 0.322 e. The van der Waals surface area contributed by atoms with Crippen molar-refractivity contribution in [2.24, 2.45) is 11.3 Å². The van der Waals surface area contributed by atoms with E-state index in [9.17, 15) is 54.3 Å². The Bertz CT molecular complexity index is 2850. The van der Waals surface area contributed by atoms with Gasteiger partial charge in [0.15, 0.2) is 0 Å². The van der Waals surface area contributed by atoms with E-state index in [2.05, 4.69) is 0 Å². The summed E-state index contributed by atoms with van der Waals surface area (Å²) in [5, 5.41) is 17.9. The molecule has 0 aromatic heterocycles. The first-order valence-corrected chi connectivity index (χ1v) is 21.7.